The summed E-state index contributed by atoms with van der Waals surface area (Å²) in [6.07, 6.45) is 5.17. The number of aromatic nitrogens is 3. The molecule has 1 aliphatic heterocycles. The Morgan fingerprint density at radius 1 is 1.04 bits per heavy atom. The molecule has 0 unspecified atom stereocenters. The van der Waals surface area contributed by atoms with Crippen molar-refractivity contribution < 1.29 is 4.79 Å². The molecule has 1 aliphatic rings. The van der Waals surface area contributed by atoms with Crippen LogP contribution in [0.5, 0.6) is 0 Å². The van der Waals surface area contributed by atoms with Gasteiger partial charge in [-0.3, -0.25) is 4.79 Å². The molecule has 138 valence electrons. The lowest BCUT2D eigenvalue weighted by Gasteiger charge is -2.37. The van der Waals surface area contributed by atoms with Crippen LogP contribution in [0.25, 0.3) is 5.82 Å². The molecule has 3 aromatic rings. The van der Waals surface area contributed by atoms with Crippen molar-refractivity contribution >= 4 is 11.6 Å². The zero-order valence-electron chi connectivity index (χ0n) is 15.7. The summed E-state index contributed by atoms with van der Waals surface area (Å²) in [4.78, 5) is 21.4. The van der Waals surface area contributed by atoms with Crippen molar-refractivity contribution in [1.82, 2.24) is 19.7 Å². The van der Waals surface area contributed by atoms with E-state index in [-0.39, 0.29) is 5.91 Å². The molecule has 3 heterocycles. The van der Waals surface area contributed by atoms with E-state index < -0.39 is 0 Å². The lowest BCUT2D eigenvalue weighted by Crippen LogP contribution is -2.49. The molecule has 6 nitrogen and oxygen atoms in total. The normalized spacial score (nSPS) is 14.4. The molecule has 0 aliphatic carbocycles. The van der Waals surface area contributed by atoms with Gasteiger partial charge < -0.3 is 9.80 Å². The number of aryl methyl sites for hydroxylation is 2. The van der Waals surface area contributed by atoms with Crippen molar-refractivity contribution in [3.63, 3.8) is 0 Å². The Morgan fingerprint density at radius 2 is 1.85 bits per heavy atom. The highest BCUT2D eigenvalue weighted by Crippen LogP contribution is 2.23. The molecule has 0 radical (unpaired) electrons. The maximum Gasteiger partial charge on any atom is 0.255 e. The van der Waals surface area contributed by atoms with Crippen LogP contribution >= 0.6 is 0 Å². The number of rotatable bonds is 3. The van der Waals surface area contributed by atoms with Gasteiger partial charge in [-0.25, -0.2) is 9.67 Å². The first kappa shape index (κ1) is 17.3. The number of hydrogen-bond acceptors (Lipinski definition) is 4. The van der Waals surface area contributed by atoms with Crippen molar-refractivity contribution in [2.45, 2.75) is 13.8 Å². The number of pyridine rings is 1. The third-order valence-electron chi connectivity index (χ3n) is 5.01. The predicted octanol–water partition coefficient (Wildman–Crippen LogP) is 2.85. The van der Waals surface area contributed by atoms with Crippen LogP contribution in [0.3, 0.4) is 0 Å². The number of piperazine rings is 1. The zero-order chi connectivity index (χ0) is 18.8. The second kappa shape index (κ2) is 7.23. The standard InChI is InChI=1S/C21H23N5O/c1-16-4-5-17(2)19(14-16)24-10-12-25(13-11-24)21(27)18-6-7-20(22-15-18)26-9-3-8-23-26/h3-9,14-15H,10-13H2,1-2H3. The van der Waals surface area contributed by atoms with E-state index in [0.29, 0.717) is 24.5 Å². The Hall–Kier alpha value is -3.15. The topological polar surface area (TPSA) is 54.3 Å². The molecule has 6 heteroatoms. The lowest BCUT2D eigenvalue weighted by atomic mass is 10.1. The molecule has 0 spiro atoms. The van der Waals surface area contributed by atoms with E-state index in [1.165, 1.54) is 16.8 Å². The first-order chi connectivity index (χ1) is 13.1. The molecule has 0 N–H and O–H groups in total. The van der Waals surface area contributed by atoms with Crippen molar-refractivity contribution in [2.75, 3.05) is 31.1 Å². The molecule has 1 aromatic carbocycles. The van der Waals surface area contributed by atoms with E-state index in [2.05, 4.69) is 47.0 Å². The number of benzene rings is 1. The van der Waals surface area contributed by atoms with Crippen molar-refractivity contribution in [1.29, 1.82) is 0 Å². The van der Waals surface area contributed by atoms with Gasteiger partial charge in [-0.05, 0) is 49.2 Å². The molecule has 1 saturated heterocycles. The summed E-state index contributed by atoms with van der Waals surface area (Å²) in [7, 11) is 0. The van der Waals surface area contributed by atoms with E-state index in [0.717, 1.165) is 13.1 Å². The number of nitrogens with zero attached hydrogens (tertiary/aromatic N) is 5. The average molecular weight is 361 g/mol. The Kier molecular flexibility index (Phi) is 4.62. The van der Waals surface area contributed by atoms with Gasteiger partial charge in [0.15, 0.2) is 5.82 Å². The van der Waals surface area contributed by atoms with Gasteiger partial charge in [-0.2, -0.15) is 5.10 Å². The fourth-order valence-corrected chi connectivity index (χ4v) is 3.45. The van der Waals surface area contributed by atoms with E-state index in [9.17, 15) is 4.79 Å². The number of anilines is 1. The summed E-state index contributed by atoms with van der Waals surface area (Å²) < 4.78 is 1.68. The molecule has 27 heavy (non-hydrogen) atoms. The minimum Gasteiger partial charge on any atom is -0.368 e. The van der Waals surface area contributed by atoms with Gasteiger partial charge in [-0.15, -0.1) is 0 Å². The monoisotopic (exact) mass is 361 g/mol. The van der Waals surface area contributed by atoms with Crippen LogP contribution in [0.1, 0.15) is 21.5 Å². The summed E-state index contributed by atoms with van der Waals surface area (Å²) in [5, 5.41) is 4.15. The molecule has 0 bridgehead atoms. The molecular weight excluding hydrogens is 338 g/mol. The number of carbonyl (C=O) groups excluding carboxylic acids is 1. The maximum absolute atomic E-state index is 12.8. The third-order valence-corrected chi connectivity index (χ3v) is 5.01. The molecule has 2 aromatic heterocycles. The fraction of sp³-hybridized carbons (Fsp3) is 0.286. The van der Waals surface area contributed by atoms with Gasteiger partial charge in [0.05, 0.1) is 5.56 Å². The minimum atomic E-state index is 0.0372. The highest BCUT2D eigenvalue weighted by Gasteiger charge is 2.23. The van der Waals surface area contributed by atoms with Crippen LogP contribution < -0.4 is 4.90 Å². The van der Waals surface area contributed by atoms with Crippen LogP contribution in [0, 0.1) is 13.8 Å². The van der Waals surface area contributed by atoms with Crippen LogP contribution in [0.15, 0.2) is 55.0 Å². The average Bonchev–Trinajstić information content (AvgIpc) is 3.24. The summed E-state index contributed by atoms with van der Waals surface area (Å²) in [5.41, 5.74) is 4.43. The zero-order valence-corrected chi connectivity index (χ0v) is 15.7. The van der Waals surface area contributed by atoms with Crippen LogP contribution in [-0.2, 0) is 0 Å². The maximum atomic E-state index is 12.8. The van der Waals surface area contributed by atoms with Gasteiger partial charge in [0.25, 0.3) is 5.91 Å². The SMILES string of the molecule is Cc1ccc(C)c(N2CCN(C(=O)c3ccc(-n4cccn4)nc3)CC2)c1. The van der Waals surface area contributed by atoms with Gasteiger partial charge in [-0.1, -0.05) is 12.1 Å². The van der Waals surface area contributed by atoms with E-state index in [1.807, 2.05) is 29.3 Å². The summed E-state index contributed by atoms with van der Waals surface area (Å²) in [5.74, 6) is 0.742. The molecule has 1 fully saturated rings. The second-order valence-corrected chi connectivity index (χ2v) is 6.92. The number of amides is 1. The van der Waals surface area contributed by atoms with E-state index >= 15 is 0 Å². The minimum absolute atomic E-state index is 0.0372. The Morgan fingerprint density at radius 3 is 2.52 bits per heavy atom. The smallest absolute Gasteiger partial charge is 0.255 e. The molecule has 0 saturated carbocycles. The van der Waals surface area contributed by atoms with Crippen molar-refractivity contribution in [2.24, 2.45) is 0 Å². The Bertz CT molecular complexity index is 926. The highest BCUT2D eigenvalue weighted by molar-refractivity contribution is 5.94. The van der Waals surface area contributed by atoms with E-state index in [1.54, 1.807) is 17.1 Å². The second-order valence-electron chi connectivity index (χ2n) is 6.92. The molecule has 1 amide bonds. The largest absolute Gasteiger partial charge is 0.368 e. The Labute approximate surface area is 159 Å². The van der Waals surface area contributed by atoms with Crippen LogP contribution in [0.2, 0.25) is 0 Å². The number of carbonyl (C=O) groups is 1. The van der Waals surface area contributed by atoms with Gasteiger partial charge in [0.2, 0.25) is 0 Å². The molecule has 4 rings (SSSR count). The summed E-state index contributed by atoms with van der Waals surface area (Å²) in [6.45, 7) is 7.37. The predicted molar refractivity (Wildman–Crippen MR) is 105 cm³/mol. The van der Waals surface area contributed by atoms with Crippen molar-refractivity contribution in [3.8, 4) is 5.82 Å². The van der Waals surface area contributed by atoms with Crippen LogP contribution in [-0.4, -0.2) is 51.8 Å². The Balaban J connectivity index is 1.42. The lowest BCUT2D eigenvalue weighted by molar-refractivity contribution is 0.0746. The number of hydrogen-bond donors (Lipinski definition) is 0. The fourth-order valence-electron chi connectivity index (χ4n) is 3.45. The first-order valence-corrected chi connectivity index (χ1v) is 9.19. The quantitative estimate of drug-likeness (QED) is 0.720. The first-order valence-electron chi connectivity index (χ1n) is 9.19. The highest BCUT2D eigenvalue weighted by atomic mass is 16.2. The van der Waals surface area contributed by atoms with Crippen molar-refractivity contribution in [3.05, 3.63) is 71.7 Å². The van der Waals surface area contributed by atoms with Gasteiger partial charge in [0, 0.05) is 50.5 Å². The van der Waals surface area contributed by atoms with Gasteiger partial charge >= 0.3 is 0 Å². The van der Waals surface area contributed by atoms with Gasteiger partial charge in [0.1, 0.15) is 0 Å². The third kappa shape index (κ3) is 3.56. The summed E-state index contributed by atoms with van der Waals surface area (Å²) >= 11 is 0. The molecule has 0 atom stereocenters. The molecular formula is C21H23N5O. The van der Waals surface area contributed by atoms with E-state index in [4.69, 9.17) is 0 Å². The summed E-state index contributed by atoms with van der Waals surface area (Å²) in [6, 6.07) is 12.0. The van der Waals surface area contributed by atoms with Crippen LogP contribution in [0.4, 0.5) is 5.69 Å².